The molecule has 5 heteroatoms. The largest absolute Gasteiger partial charge is 0.497 e. The summed E-state index contributed by atoms with van der Waals surface area (Å²) in [6, 6.07) is 5.90. The molecule has 2 rings (SSSR count). The van der Waals surface area contributed by atoms with Crippen LogP contribution < -0.4 is 10.1 Å². The normalized spacial score (nSPS) is 10.3. The molecule has 0 spiro atoms. The number of ether oxygens (including phenoxy) is 1. The molecule has 0 aliphatic rings. The minimum Gasteiger partial charge on any atom is -0.497 e. The third-order valence-corrected chi connectivity index (χ3v) is 3.06. The first-order valence-electron chi connectivity index (χ1n) is 5.89. The smallest absolute Gasteiger partial charge is 0.207 e. The van der Waals surface area contributed by atoms with Crippen LogP contribution in [0.5, 0.6) is 5.75 Å². The molecule has 0 saturated carbocycles. The van der Waals surface area contributed by atoms with Gasteiger partial charge in [-0.3, -0.25) is 4.57 Å². The summed E-state index contributed by atoms with van der Waals surface area (Å²) < 4.78 is 8.24. The number of aryl methyl sites for hydroxylation is 1. The number of rotatable bonds is 5. The minimum atomic E-state index is 0.668. The number of nitrogens with one attached hydrogen (secondary N) is 1. The summed E-state index contributed by atoms with van der Waals surface area (Å²) in [4.78, 5) is 4.46. The Labute approximate surface area is 121 Å². The van der Waals surface area contributed by atoms with E-state index in [2.05, 4.69) is 32.8 Å². The fraction of sp³-hybridized carbons (Fsp3) is 0.214. The van der Waals surface area contributed by atoms with Gasteiger partial charge in [0, 0.05) is 23.3 Å². The Balaban J connectivity index is 2.45. The second-order valence-corrected chi connectivity index (χ2v) is 5.01. The molecule has 0 fully saturated rings. The van der Waals surface area contributed by atoms with Gasteiger partial charge < -0.3 is 10.1 Å². The van der Waals surface area contributed by atoms with Crippen LogP contribution in [0.2, 0.25) is 0 Å². The third-order valence-electron chi connectivity index (χ3n) is 2.60. The number of halogens is 1. The zero-order valence-corrected chi connectivity index (χ0v) is 12.6. The Morgan fingerprint density at radius 3 is 2.95 bits per heavy atom. The van der Waals surface area contributed by atoms with Crippen molar-refractivity contribution in [2.24, 2.45) is 0 Å². The molecule has 0 unspecified atom stereocenters. The molecular weight excluding hydrogens is 306 g/mol. The molecule has 0 radical (unpaired) electrons. The van der Waals surface area contributed by atoms with Gasteiger partial charge in [0.2, 0.25) is 5.95 Å². The van der Waals surface area contributed by atoms with Gasteiger partial charge >= 0.3 is 0 Å². The van der Waals surface area contributed by atoms with Gasteiger partial charge in [0.1, 0.15) is 5.75 Å². The molecule has 1 N–H and O–H groups in total. The number of hydrogen-bond donors (Lipinski definition) is 1. The first-order valence-corrected chi connectivity index (χ1v) is 6.69. The lowest BCUT2D eigenvalue weighted by molar-refractivity contribution is 0.414. The number of hydrogen-bond acceptors (Lipinski definition) is 3. The molecule has 4 nitrogen and oxygen atoms in total. The number of anilines is 1. The fourth-order valence-corrected chi connectivity index (χ4v) is 2.25. The van der Waals surface area contributed by atoms with E-state index in [1.54, 1.807) is 13.2 Å². The maximum atomic E-state index is 5.28. The van der Waals surface area contributed by atoms with Crippen LogP contribution in [0.15, 0.2) is 41.5 Å². The molecule has 2 aromatic rings. The van der Waals surface area contributed by atoms with E-state index >= 15 is 0 Å². The van der Waals surface area contributed by atoms with Crippen LogP contribution in [0.4, 0.5) is 5.95 Å². The van der Waals surface area contributed by atoms with Gasteiger partial charge in [-0.15, -0.1) is 6.58 Å². The molecule has 0 amide bonds. The van der Waals surface area contributed by atoms with Crippen LogP contribution in [0.1, 0.15) is 5.69 Å². The van der Waals surface area contributed by atoms with Gasteiger partial charge in [-0.2, -0.15) is 0 Å². The Kier molecular flexibility index (Phi) is 4.27. The maximum absolute atomic E-state index is 5.28. The first kappa shape index (κ1) is 13.7. The summed E-state index contributed by atoms with van der Waals surface area (Å²) in [6.07, 6.45) is 3.78. The van der Waals surface area contributed by atoms with Crippen LogP contribution in [0, 0.1) is 6.92 Å². The highest BCUT2D eigenvalue weighted by Gasteiger charge is 2.08. The number of methoxy groups -OCH3 is 1. The van der Waals surface area contributed by atoms with Crippen molar-refractivity contribution in [2.45, 2.75) is 6.92 Å². The van der Waals surface area contributed by atoms with Crippen molar-refractivity contribution >= 4 is 21.9 Å². The number of imidazole rings is 1. The van der Waals surface area contributed by atoms with Crippen molar-refractivity contribution in [3.63, 3.8) is 0 Å². The van der Waals surface area contributed by atoms with Gasteiger partial charge in [-0.25, -0.2) is 4.98 Å². The van der Waals surface area contributed by atoms with E-state index in [0.717, 1.165) is 27.6 Å². The lowest BCUT2D eigenvalue weighted by Crippen LogP contribution is -2.05. The van der Waals surface area contributed by atoms with E-state index in [4.69, 9.17) is 4.74 Å². The van der Waals surface area contributed by atoms with Crippen molar-refractivity contribution in [2.75, 3.05) is 19.0 Å². The topological polar surface area (TPSA) is 39.1 Å². The Morgan fingerprint density at radius 1 is 1.47 bits per heavy atom. The zero-order chi connectivity index (χ0) is 13.8. The van der Waals surface area contributed by atoms with Gasteiger partial charge in [-0.1, -0.05) is 22.0 Å². The SMILES string of the molecule is C=CCNc1nc(C)cn1-c1cc(Br)cc(OC)c1. The molecule has 1 aromatic carbocycles. The standard InChI is InChI=1S/C14H16BrN3O/c1-4-5-16-14-17-10(2)9-18(14)12-6-11(15)7-13(8-12)19-3/h4,6-9H,1,5H2,2-3H3,(H,16,17). The quantitative estimate of drug-likeness (QED) is 0.856. The second-order valence-electron chi connectivity index (χ2n) is 4.09. The van der Waals surface area contributed by atoms with Crippen LogP contribution >= 0.6 is 15.9 Å². The van der Waals surface area contributed by atoms with Crippen molar-refractivity contribution < 1.29 is 4.74 Å². The highest BCUT2D eigenvalue weighted by molar-refractivity contribution is 9.10. The molecule has 100 valence electrons. The lowest BCUT2D eigenvalue weighted by Gasteiger charge is -2.10. The van der Waals surface area contributed by atoms with E-state index in [1.807, 2.05) is 35.9 Å². The zero-order valence-electron chi connectivity index (χ0n) is 11.0. The average molecular weight is 322 g/mol. The average Bonchev–Trinajstić information content (AvgIpc) is 2.76. The predicted octanol–water partition coefficient (Wildman–Crippen LogP) is 3.55. The van der Waals surface area contributed by atoms with E-state index in [9.17, 15) is 0 Å². The summed E-state index contributed by atoms with van der Waals surface area (Å²) >= 11 is 3.48. The minimum absolute atomic E-state index is 0.668. The molecule has 1 heterocycles. The summed E-state index contributed by atoms with van der Waals surface area (Å²) in [5.41, 5.74) is 1.93. The summed E-state index contributed by atoms with van der Waals surface area (Å²) in [5.74, 6) is 1.59. The van der Waals surface area contributed by atoms with Crippen LogP contribution in [-0.2, 0) is 0 Å². The Morgan fingerprint density at radius 2 is 2.26 bits per heavy atom. The van der Waals surface area contributed by atoms with Gasteiger partial charge in [-0.05, 0) is 19.1 Å². The monoisotopic (exact) mass is 321 g/mol. The van der Waals surface area contributed by atoms with Gasteiger partial charge in [0.25, 0.3) is 0 Å². The summed E-state index contributed by atoms with van der Waals surface area (Å²) in [6.45, 7) is 6.33. The van der Waals surface area contributed by atoms with Crippen molar-refractivity contribution in [3.8, 4) is 11.4 Å². The molecule has 19 heavy (non-hydrogen) atoms. The Hall–Kier alpha value is -1.75. The molecule has 1 aromatic heterocycles. The van der Waals surface area contributed by atoms with Gasteiger partial charge in [0.05, 0.1) is 18.5 Å². The van der Waals surface area contributed by atoms with E-state index in [1.165, 1.54) is 0 Å². The Bertz CT molecular complexity index is 592. The van der Waals surface area contributed by atoms with E-state index in [-0.39, 0.29) is 0 Å². The molecular formula is C14H16BrN3O. The van der Waals surface area contributed by atoms with Gasteiger partial charge in [0.15, 0.2) is 0 Å². The van der Waals surface area contributed by atoms with Crippen molar-refractivity contribution in [1.29, 1.82) is 0 Å². The van der Waals surface area contributed by atoms with Crippen LogP contribution in [0.25, 0.3) is 5.69 Å². The van der Waals surface area contributed by atoms with Crippen molar-refractivity contribution in [3.05, 3.63) is 47.2 Å². The lowest BCUT2D eigenvalue weighted by atomic mass is 10.3. The number of aromatic nitrogens is 2. The summed E-state index contributed by atoms with van der Waals surface area (Å²) in [7, 11) is 1.65. The van der Waals surface area contributed by atoms with E-state index in [0.29, 0.717) is 6.54 Å². The first-order chi connectivity index (χ1) is 9.13. The highest BCUT2D eigenvalue weighted by atomic mass is 79.9. The number of benzene rings is 1. The van der Waals surface area contributed by atoms with Crippen LogP contribution in [-0.4, -0.2) is 23.2 Å². The summed E-state index contributed by atoms with van der Waals surface area (Å²) in [5, 5.41) is 3.22. The second kappa shape index (κ2) is 5.93. The molecule has 0 aliphatic heterocycles. The maximum Gasteiger partial charge on any atom is 0.207 e. The molecule has 0 atom stereocenters. The fourth-order valence-electron chi connectivity index (χ4n) is 1.79. The van der Waals surface area contributed by atoms with E-state index < -0.39 is 0 Å². The van der Waals surface area contributed by atoms with Crippen molar-refractivity contribution in [1.82, 2.24) is 9.55 Å². The predicted molar refractivity (Wildman–Crippen MR) is 81.2 cm³/mol. The highest BCUT2D eigenvalue weighted by Crippen LogP contribution is 2.26. The number of nitrogens with zero attached hydrogens (tertiary/aromatic N) is 2. The third kappa shape index (κ3) is 3.17. The molecule has 0 bridgehead atoms. The molecule has 0 saturated heterocycles. The van der Waals surface area contributed by atoms with Crippen LogP contribution in [0.3, 0.4) is 0 Å². The molecule has 0 aliphatic carbocycles.